The minimum Gasteiger partial charge on any atom is -0.465 e. The zero-order valence-electron chi connectivity index (χ0n) is 25.7. The summed E-state index contributed by atoms with van der Waals surface area (Å²) in [5.41, 5.74) is 0. The van der Waals surface area contributed by atoms with E-state index in [0.717, 1.165) is 50.9 Å². The Bertz CT molecular complexity index is 559. The minimum absolute atomic E-state index is 0.0983. The average molecular weight is 537 g/mol. The summed E-state index contributed by atoms with van der Waals surface area (Å²) in [4.78, 5) is 25.1. The molecule has 0 N–H and O–H groups in total. The fourth-order valence-corrected chi connectivity index (χ4v) is 5.68. The molecule has 0 spiro atoms. The molecular formula is C34H64O4. The summed E-state index contributed by atoms with van der Waals surface area (Å²) in [5.74, 6) is 0.371. The van der Waals surface area contributed by atoms with Crippen molar-refractivity contribution in [1.82, 2.24) is 0 Å². The first kappa shape index (κ1) is 35.0. The zero-order chi connectivity index (χ0) is 27.7. The van der Waals surface area contributed by atoms with Gasteiger partial charge < -0.3 is 9.47 Å². The van der Waals surface area contributed by atoms with Gasteiger partial charge in [-0.15, -0.1) is 0 Å². The summed E-state index contributed by atoms with van der Waals surface area (Å²) in [5, 5.41) is 0. The van der Waals surface area contributed by atoms with Crippen molar-refractivity contribution in [2.24, 2.45) is 17.8 Å². The van der Waals surface area contributed by atoms with Crippen molar-refractivity contribution in [3.63, 3.8) is 0 Å². The average Bonchev–Trinajstić information content (AvgIpc) is 2.92. The normalized spacial score (nSPS) is 17.6. The molecular weight excluding hydrogens is 472 g/mol. The topological polar surface area (TPSA) is 52.6 Å². The third kappa shape index (κ3) is 19.9. The maximum absolute atomic E-state index is 12.5. The second kappa shape index (κ2) is 24.9. The molecule has 0 radical (unpaired) electrons. The highest BCUT2D eigenvalue weighted by atomic mass is 16.5. The molecule has 0 amide bonds. The van der Waals surface area contributed by atoms with Crippen molar-refractivity contribution in [2.75, 3.05) is 13.2 Å². The molecule has 0 aliphatic heterocycles. The van der Waals surface area contributed by atoms with Crippen LogP contribution in [0.4, 0.5) is 0 Å². The highest BCUT2D eigenvalue weighted by molar-refractivity contribution is 5.76. The molecule has 38 heavy (non-hydrogen) atoms. The summed E-state index contributed by atoms with van der Waals surface area (Å²) in [6.07, 6.45) is 28.8. The summed E-state index contributed by atoms with van der Waals surface area (Å²) in [6, 6.07) is 0. The lowest BCUT2D eigenvalue weighted by Crippen LogP contribution is -2.30. The number of ether oxygens (including phenoxy) is 2. The van der Waals surface area contributed by atoms with Gasteiger partial charge in [0.25, 0.3) is 0 Å². The number of rotatable bonds is 25. The summed E-state index contributed by atoms with van der Waals surface area (Å²) < 4.78 is 11.2. The molecule has 1 saturated carbocycles. The first-order valence-electron chi connectivity index (χ1n) is 16.9. The highest BCUT2D eigenvalue weighted by Gasteiger charge is 2.32. The molecule has 0 heterocycles. The second-order valence-electron chi connectivity index (χ2n) is 12.4. The number of esters is 2. The Balaban J connectivity index is 1.98. The molecule has 1 aliphatic rings. The predicted octanol–water partition coefficient (Wildman–Crippen LogP) is 10.4. The van der Waals surface area contributed by atoms with Crippen LogP contribution in [0, 0.1) is 17.8 Å². The lowest BCUT2D eigenvalue weighted by atomic mass is 9.81. The van der Waals surface area contributed by atoms with Crippen LogP contribution < -0.4 is 0 Å². The maximum atomic E-state index is 12.5. The SMILES string of the molecule is CCCCCCCCCCCCCOC(=O)C1CCCC(C(=O)OCCCCCCCCCCC(C)C)C1. The van der Waals surface area contributed by atoms with E-state index in [9.17, 15) is 9.59 Å². The molecule has 2 atom stereocenters. The lowest BCUT2D eigenvalue weighted by molar-refractivity contribution is -0.155. The Kier molecular flexibility index (Phi) is 23.0. The molecule has 1 rings (SSSR count). The number of carbonyl (C=O) groups is 2. The van der Waals surface area contributed by atoms with Gasteiger partial charge in [0.2, 0.25) is 0 Å². The van der Waals surface area contributed by atoms with E-state index in [-0.39, 0.29) is 23.8 Å². The molecule has 2 unspecified atom stereocenters. The first-order valence-corrected chi connectivity index (χ1v) is 16.9. The largest absolute Gasteiger partial charge is 0.465 e. The van der Waals surface area contributed by atoms with E-state index in [2.05, 4.69) is 20.8 Å². The van der Waals surface area contributed by atoms with Crippen molar-refractivity contribution in [1.29, 1.82) is 0 Å². The van der Waals surface area contributed by atoms with Gasteiger partial charge in [0.15, 0.2) is 0 Å². The van der Waals surface area contributed by atoms with Crippen molar-refractivity contribution >= 4 is 11.9 Å². The summed E-state index contributed by atoms with van der Waals surface area (Å²) >= 11 is 0. The van der Waals surface area contributed by atoms with Crippen molar-refractivity contribution in [2.45, 2.75) is 175 Å². The number of hydrogen-bond acceptors (Lipinski definition) is 4. The molecule has 4 heteroatoms. The van der Waals surface area contributed by atoms with Crippen LogP contribution in [-0.4, -0.2) is 25.2 Å². The van der Waals surface area contributed by atoms with Gasteiger partial charge in [0.1, 0.15) is 0 Å². The Morgan fingerprint density at radius 1 is 0.579 bits per heavy atom. The van der Waals surface area contributed by atoms with Gasteiger partial charge in [-0.2, -0.15) is 0 Å². The third-order valence-corrected chi connectivity index (χ3v) is 8.25. The Hall–Kier alpha value is -1.06. The number of unbranched alkanes of at least 4 members (excludes halogenated alkanes) is 17. The van der Waals surface area contributed by atoms with Gasteiger partial charge in [-0.25, -0.2) is 0 Å². The summed E-state index contributed by atoms with van der Waals surface area (Å²) in [7, 11) is 0. The van der Waals surface area contributed by atoms with Gasteiger partial charge in [0.05, 0.1) is 25.0 Å². The van der Waals surface area contributed by atoms with Crippen LogP contribution in [0.2, 0.25) is 0 Å². The van der Waals surface area contributed by atoms with Crippen LogP contribution in [0.3, 0.4) is 0 Å². The molecule has 0 aromatic rings. The molecule has 0 aromatic heterocycles. The Morgan fingerprint density at radius 2 is 0.947 bits per heavy atom. The van der Waals surface area contributed by atoms with Crippen molar-refractivity contribution in [3.8, 4) is 0 Å². The van der Waals surface area contributed by atoms with Gasteiger partial charge in [-0.3, -0.25) is 9.59 Å². The highest BCUT2D eigenvalue weighted by Crippen LogP contribution is 2.31. The van der Waals surface area contributed by atoms with Crippen LogP contribution >= 0.6 is 0 Å². The molecule has 0 aromatic carbocycles. The third-order valence-electron chi connectivity index (χ3n) is 8.25. The van der Waals surface area contributed by atoms with Crippen LogP contribution in [0.1, 0.15) is 175 Å². The van der Waals surface area contributed by atoms with Gasteiger partial charge >= 0.3 is 11.9 Å². The van der Waals surface area contributed by atoms with Crippen LogP contribution in [0.25, 0.3) is 0 Å². The van der Waals surface area contributed by atoms with Crippen LogP contribution in [0.5, 0.6) is 0 Å². The quantitative estimate of drug-likeness (QED) is 0.0860. The fourth-order valence-electron chi connectivity index (χ4n) is 5.68. The number of carbonyl (C=O) groups excluding carboxylic acids is 2. The van der Waals surface area contributed by atoms with E-state index in [0.29, 0.717) is 19.6 Å². The molecule has 1 aliphatic carbocycles. The molecule has 4 nitrogen and oxygen atoms in total. The monoisotopic (exact) mass is 536 g/mol. The van der Waals surface area contributed by atoms with Gasteiger partial charge in [-0.1, -0.05) is 143 Å². The fraction of sp³-hybridized carbons (Fsp3) is 0.941. The van der Waals surface area contributed by atoms with Gasteiger partial charge in [0, 0.05) is 0 Å². The molecule has 0 bridgehead atoms. The smallest absolute Gasteiger partial charge is 0.308 e. The Labute approximate surface area is 236 Å². The van der Waals surface area contributed by atoms with Crippen molar-refractivity contribution in [3.05, 3.63) is 0 Å². The van der Waals surface area contributed by atoms with Crippen molar-refractivity contribution < 1.29 is 19.1 Å². The van der Waals surface area contributed by atoms with Gasteiger partial charge in [-0.05, 0) is 38.0 Å². The van der Waals surface area contributed by atoms with Crippen LogP contribution in [-0.2, 0) is 19.1 Å². The summed E-state index contributed by atoms with van der Waals surface area (Å²) in [6.45, 7) is 7.92. The minimum atomic E-state index is -0.130. The second-order valence-corrected chi connectivity index (χ2v) is 12.4. The van der Waals surface area contributed by atoms with Crippen LogP contribution in [0.15, 0.2) is 0 Å². The van der Waals surface area contributed by atoms with E-state index in [1.54, 1.807) is 0 Å². The lowest BCUT2D eigenvalue weighted by Gasteiger charge is -2.26. The number of hydrogen-bond donors (Lipinski definition) is 0. The standard InChI is InChI=1S/C34H64O4/c1-4-5-6-7-8-9-10-12-15-18-21-27-37-33(35)31-25-23-26-32(29-31)34(36)38-28-22-19-16-13-11-14-17-20-24-30(2)3/h30-32H,4-29H2,1-3H3. The first-order chi connectivity index (χ1) is 18.5. The molecule has 0 saturated heterocycles. The van der Waals surface area contributed by atoms with E-state index in [4.69, 9.17) is 9.47 Å². The van der Waals surface area contributed by atoms with E-state index < -0.39 is 0 Å². The predicted molar refractivity (Wildman–Crippen MR) is 160 cm³/mol. The Morgan fingerprint density at radius 3 is 1.34 bits per heavy atom. The van der Waals surface area contributed by atoms with E-state index in [1.165, 1.54) is 103 Å². The zero-order valence-corrected chi connectivity index (χ0v) is 25.7. The maximum Gasteiger partial charge on any atom is 0.308 e. The molecule has 224 valence electrons. The van der Waals surface area contributed by atoms with E-state index in [1.807, 2.05) is 0 Å². The van der Waals surface area contributed by atoms with E-state index >= 15 is 0 Å². The molecule has 1 fully saturated rings.